The Morgan fingerprint density at radius 2 is 1.72 bits per heavy atom. The van der Waals surface area contributed by atoms with Crippen LogP contribution in [0.5, 0.6) is 5.75 Å². The summed E-state index contributed by atoms with van der Waals surface area (Å²) in [5.74, 6) is 0.111. The highest BCUT2D eigenvalue weighted by Gasteiger charge is 2.09. The highest BCUT2D eigenvalue weighted by molar-refractivity contribution is 6.33. The van der Waals surface area contributed by atoms with E-state index in [4.69, 9.17) is 39.5 Å². The van der Waals surface area contributed by atoms with Crippen LogP contribution in [0, 0.1) is 6.92 Å². The minimum atomic E-state index is -0.323. The molecule has 0 atom stereocenters. The third-order valence-corrected chi connectivity index (χ3v) is 5.05. The van der Waals surface area contributed by atoms with Gasteiger partial charge in [-0.05, 0) is 54.4 Å². The molecule has 1 amide bonds. The van der Waals surface area contributed by atoms with Crippen molar-refractivity contribution >= 4 is 52.1 Å². The first kappa shape index (κ1) is 21.3. The third kappa shape index (κ3) is 6.04. The first-order chi connectivity index (χ1) is 13.9. The molecule has 0 aliphatic rings. The molecule has 0 heterocycles. The van der Waals surface area contributed by atoms with E-state index in [9.17, 15) is 4.79 Å². The van der Waals surface area contributed by atoms with Gasteiger partial charge in [0.2, 0.25) is 0 Å². The van der Waals surface area contributed by atoms with Crippen molar-refractivity contribution in [2.45, 2.75) is 13.5 Å². The zero-order valence-corrected chi connectivity index (χ0v) is 17.9. The van der Waals surface area contributed by atoms with E-state index in [2.05, 4.69) is 10.6 Å². The molecule has 0 aliphatic heterocycles. The fourth-order valence-electron chi connectivity index (χ4n) is 2.65. The van der Waals surface area contributed by atoms with Gasteiger partial charge in [-0.25, -0.2) is 0 Å². The highest BCUT2D eigenvalue weighted by atomic mass is 35.5. The van der Waals surface area contributed by atoms with Gasteiger partial charge in [-0.3, -0.25) is 4.79 Å². The molecule has 0 aromatic heterocycles. The van der Waals surface area contributed by atoms with E-state index < -0.39 is 0 Å². The zero-order chi connectivity index (χ0) is 20.8. The molecular weight excluding hydrogens is 431 g/mol. The van der Waals surface area contributed by atoms with Crippen LogP contribution in [0.1, 0.15) is 11.1 Å². The Hall–Kier alpha value is -2.40. The van der Waals surface area contributed by atoms with Crippen molar-refractivity contribution in [3.63, 3.8) is 0 Å². The number of nitrogens with one attached hydrogen (secondary N) is 2. The Kier molecular flexibility index (Phi) is 7.26. The van der Waals surface area contributed by atoms with Gasteiger partial charge in [0.05, 0.1) is 15.7 Å². The van der Waals surface area contributed by atoms with Gasteiger partial charge in [0.15, 0.2) is 6.61 Å². The molecular formula is C22H19Cl3N2O2. The standard InChI is InChI=1S/C22H19Cl3N2O2/c1-14-6-8-16(23)11-20(14)26-12-15-7-9-21(18(25)10-15)29-13-22(28)27-19-5-3-2-4-17(19)24/h2-11,26H,12-13H2,1H3,(H,27,28). The van der Waals surface area contributed by atoms with E-state index in [-0.39, 0.29) is 12.5 Å². The fraction of sp³-hybridized carbons (Fsp3) is 0.136. The SMILES string of the molecule is Cc1ccc(Cl)cc1NCc1ccc(OCC(=O)Nc2ccccc2Cl)c(Cl)c1. The lowest BCUT2D eigenvalue weighted by Gasteiger charge is -2.12. The number of benzene rings is 3. The lowest BCUT2D eigenvalue weighted by molar-refractivity contribution is -0.118. The molecule has 150 valence electrons. The summed E-state index contributed by atoms with van der Waals surface area (Å²) in [6, 6.07) is 18.1. The summed E-state index contributed by atoms with van der Waals surface area (Å²) < 4.78 is 5.54. The van der Waals surface area contributed by atoms with E-state index in [1.54, 1.807) is 36.4 Å². The topological polar surface area (TPSA) is 50.4 Å². The molecule has 0 aliphatic carbocycles. The molecule has 0 fully saturated rings. The number of ether oxygens (including phenoxy) is 1. The second kappa shape index (κ2) is 9.88. The van der Waals surface area contributed by atoms with E-state index >= 15 is 0 Å². The minimum Gasteiger partial charge on any atom is -0.482 e. The molecule has 2 N–H and O–H groups in total. The van der Waals surface area contributed by atoms with Gasteiger partial charge >= 0.3 is 0 Å². The summed E-state index contributed by atoms with van der Waals surface area (Å²) >= 11 is 18.4. The van der Waals surface area contributed by atoms with Crippen molar-refractivity contribution in [3.8, 4) is 5.75 Å². The minimum absolute atomic E-state index is 0.176. The molecule has 0 radical (unpaired) electrons. The van der Waals surface area contributed by atoms with Crippen LogP contribution in [0.25, 0.3) is 0 Å². The van der Waals surface area contributed by atoms with Crippen LogP contribution >= 0.6 is 34.8 Å². The Morgan fingerprint density at radius 1 is 0.931 bits per heavy atom. The maximum atomic E-state index is 12.1. The molecule has 3 rings (SSSR count). The van der Waals surface area contributed by atoms with Crippen molar-refractivity contribution in [1.82, 2.24) is 0 Å². The number of hydrogen-bond donors (Lipinski definition) is 2. The zero-order valence-electron chi connectivity index (χ0n) is 15.6. The van der Waals surface area contributed by atoms with E-state index in [0.717, 1.165) is 16.8 Å². The summed E-state index contributed by atoms with van der Waals surface area (Å²) in [6.45, 7) is 2.41. The second-order valence-electron chi connectivity index (χ2n) is 6.39. The van der Waals surface area contributed by atoms with Crippen LogP contribution in [0.15, 0.2) is 60.7 Å². The van der Waals surface area contributed by atoms with Gasteiger partial charge in [-0.15, -0.1) is 0 Å². The number of halogens is 3. The molecule has 0 spiro atoms. The van der Waals surface area contributed by atoms with Crippen LogP contribution in [0.3, 0.4) is 0 Å². The number of amides is 1. The molecule has 0 saturated heterocycles. The number of para-hydroxylation sites is 1. The predicted molar refractivity (Wildman–Crippen MR) is 121 cm³/mol. The van der Waals surface area contributed by atoms with Gasteiger partial charge in [0, 0.05) is 17.3 Å². The van der Waals surface area contributed by atoms with E-state index in [1.807, 2.05) is 31.2 Å². The van der Waals surface area contributed by atoms with Crippen LogP contribution in [-0.4, -0.2) is 12.5 Å². The summed E-state index contributed by atoms with van der Waals surface area (Å²) in [7, 11) is 0. The number of hydrogen-bond acceptors (Lipinski definition) is 3. The van der Waals surface area contributed by atoms with Crippen molar-refractivity contribution in [1.29, 1.82) is 0 Å². The van der Waals surface area contributed by atoms with Gasteiger partial charge in [-0.1, -0.05) is 59.1 Å². The van der Waals surface area contributed by atoms with Gasteiger partial charge in [-0.2, -0.15) is 0 Å². The number of carbonyl (C=O) groups excluding carboxylic acids is 1. The quantitative estimate of drug-likeness (QED) is 0.428. The monoisotopic (exact) mass is 448 g/mol. The maximum Gasteiger partial charge on any atom is 0.262 e. The Morgan fingerprint density at radius 3 is 2.48 bits per heavy atom. The van der Waals surface area contributed by atoms with Crippen molar-refractivity contribution in [2.75, 3.05) is 17.2 Å². The van der Waals surface area contributed by atoms with Crippen molar-refractivity contribution < 1.29 is 9.53 Å². The van der Waals surface area contributed by atoms with Gasteiger partial charge < -0.3 is 15.4 Å². The normalized spacial score (nSPS) is 10.5. The first-order valence-corrected chi connectivity index (χ1v) is 10.0. The molecule has 29 heavy (non-hydrogen) atoms. The summed E-state index contributed by atoms with van der Waals surface area (Å²) in [4.78, 5) is 12.1. The average molecular weight is 450 g/mol. The second-order valence-corrected chi connectivity index (χ2v) is 7.65. The van der Waals surface area contributed by atoms with Crippen molar-refractivity contribution in [2.24, 2.45) is 0 Å². The third-order valence-electron chi connectivity index (χ3n) is 4.19. The smallest absolute Gasteiger partial charge is 0.262 e. The van der Waals surface area contributed by atoms with E-state index in [0.29, 0.717) is 33.0 Å². The van der Waals surface area contributed by atoms with Crippen molar-refractivity contribution in [3.05, 3.63) is 86.9 Å². The predicted octanol–water partition coefficient (Wildman–Crippen LogP) is 6.58. The molecule has 0 bridgehead atoms. The number of carbonyl (C=O) groups is 1. The molecule has 3 aromatic carbocycles. The summed E-state index contributed by atoms with van der Waals surface area (Å²) in [5.41, 5.74) is 3.57. The largest absolute Gasteiger partial charge is 0.482 e. The summed E-state index contributed by atoms with van der Waals surface area (Å²) in [6.07, 6.45) is 0. The molecule has 0 saturated carbocycles. The highest BCUT2D eigenvalue weighted by Crippen LogP contribution is 2.27. The Balaban J connectivity index is 1.56. The number of anilines is 2. The molecule has 7 heteroatoms. The molecule has 4 nitrogen and oxygen atoms in total. The lowest BCUT2D eigenvalue weighted by Crippen LogP contribution is -2.20. The number of aryl methyl sites for hydroxylation is 1. The maximum absolute atomic E-state index is 12.1. The van der Waals surface area contributed by atoms with Gasteiger partial charge in [0.1, 0.15) is 5.75 Å². The lowest BCUT2D eigenvalue weighted by atomic mass is 10.1. The number of rotatable bonds is 7. The average Bonchev–Trinajstić information content (AvgIpc) is 2.69. The van der Waals surface area contributed by atoms with Crippen LogP contribution in [0.4, 0.5) is 11.4 Å². The fourth-order valence-corrected chi connectivity index (χ4v) is 3.26. The van der Waals surface area contributed by atoms with Crippen LogP contribution < -0.4 is 15.4 Å². The van der Waals surface area contributed by atoms with E-state index in [1.165, 1.54) is 0 Å². The molecule has 3 aromatic rings. The Bertz CT molecular complexity index is 1020. The van der Waals surface area contributed by atoms with Gasteiger partial charge in [0.25, 0.3) is 5.91 Å². The first-order valence-electron chi connectivity index (χ1n) is 8.88. The Labute approximate surface area is 184 Å². The summed E-state index contributed by atoms with van der Waals surface area (Å²) in [5, 5.41) is 7.61. The van der Waals surface area contributed by atoms with Crippen LogP contribution in [-0.2, 0) is 11.3 Å². The molecule has 0 unspecified atom stereocenters. The van der Waals surface area contributed by atoms with Crippen LogP contribution in [0.2, 0.25) is 15.1 Å².